The SMILES string of the molecule is Cc1csc(-c2nnc(S(N)(=O)=O)n2C(C)(C)C)c1Cl. The average molecular weight is 335 g/mol. The Bertz CT molecular complexity index is 756. The molecule has 0 amide bonds. The van der Waals surface area contributed by atoms with Gasteiger partial charge in [0.1, 0.15) is 0 Å². The number of hydrogen-bond donors (Lipinski definition) is 1. The molecule has 9 heteroatoms. The van der Waals surface area contributed by atoms with Gasteiger partial charge in [-0.15, -0.1) is 21.5 Å². The summed E-state index contributed by atoms with van der Waals surface area (Å²) in [4.78, 5) is 0.682. The second-order valence-electron chi connectivity index (χ2n) is 5.42. The van der Waals surface area contributed by atoms with Crippen molar-refractivity contribution in [1.82, 2.24) is 14.8 Å². The zero-order valence-corrected chi connectivity index (χ0v) is 13.9. The Balaban J connectivity index is 2.80. The summed E-state index contributed by atoms with van der Waals surface area (Å²) >= 11 is 7.63. The fourth-order valence-corrected chi connectivity index (χ4v) is 3.81. The number of primary sulfonamides is 1. The number of nitrogens with zero attached hydrogens (tertiary/aromatic N) is 3. The molecule has 0 unspecified atom stereocenters. The van der Waals surface area contributed by atoms with Crippen LogP contribution in [0.5, 0.6) is 0 Å². The van der Waals surface area contributed by atoms with Crippen molar-refractivity contribution in [2.45, 2.75) is 38.4 Å². The predicted molar refractivity (Wildman–Crippen MR) is 79.5 cm³/mol. The maximum absolute atomic E-state index is 11.7. The van der Waals surface area contributed by atoms with Gasteiger partial charge in [0, 0.05) is 5.54 Å². The third-order valence-electron chi connectivity index (χ3n) is 2.66. The molecule has 0 aliphatic rings. The third-order valence-corrected chi connectivity index (χ3v) is 5.13. The number of nitrogens with two attached hydrogens (primary N) is 1. The first-order chi connectivity index (χ1) is 9.03. The van der Waals surface area contributed by atoms with Crippen molar-refractivity contribution in [1.29, 1.82) is 0 Å². The van der Waals surface area contributed by atoms with E-state index in [1.165, 1.54) is 15.9 Å². The second kappa shape index (κ2) is 4.80. The number of sulfonamides is 1. The van der Waals surface area contributed by atoms with Crippen molar-refractivity contribution in [3.8, 4) is 10.7 Å². The molecule has 2 N–H and O–H groups in total. The van der Waals surface area contributed by atoms with Crippen molar-refractivity contribution in [3.63, 3.8) is 0 Å². The summed E-state index contributed by atoms with van der Waals surface area (Å²) < 4.78 is 24.8. The lowest BCUT2D eigenvalue weighted by Crippen LogP contribution is -2.29. The van der Waals surface area contributed by atoms with Crippen LogP contribution in [0, 0.1) is 6.92 Å². The minimum atomic E-state index is -3.96. The minimum Gasteiger partial charge on any atom is -0.291 e. The first-order valence-electron chi connectivity index (χ1n) is 5.76. The topological polar surface area (TPSA) is 90.9 Å². The fourth-order valence-electron chi connectivity index (χ4n) is 1.79. The zero-order valence-electron chi connectivity index (χ0n) is 11.5. The third kappa shape index (κ3) is 2.60. The molecule has 0 bridgehead atoms. The molecule has 20 heavy (non-hydrogen) atoms. The molecule has 0 aliphatic carbocycles. The van der Waals surface area contributed by atoms with Gasteiger partial charge in [0.05, 0.1) is 9.90 Å². The number of rotatable bonds is 2. The predicted octanol–water partition coefficient (Wildman–Crippen LogP) is 2.37. The maximum atomic E-state index is 11.7. The largest absolute Gasteiger partial charge is 0.291 e. The van der Waals surface area contributed by atoms with E-state index in [-0.39, 0.29) is 5.16 Å². The van der Waals surface area contributed by atoms with Gasteiger partial charge >= 0.3 is 0 Å². The van der Waals surface area contributed by atoms with E-state index in [1.54, 1.807) is 0 Å². The Morgan fingerprint density at radius 3 is 2.35 bits per heavy atom. The van der Waals surface area contributed by atoms with Crippen LogP contribution < -0.4 is 5.14 Å². The first kappa shape index (κ1) is 15.4. The van der Waals surface area contributed by atoms with Gasteiger partial charge in [-0.1, -0.05) is 11.6 Å². The molecule has 0 aromatic carbocycles. The summed E-state index contributed by atoms with van der Waals surface area (Å²) in [6.45, 7) is 7.43. The lowest BCUT2D eigenvalue weighted by atomic mass is 10.1. The van der Waals surface area contributed by atoms with E-state index in [2.05, 4.69) is 10.2 Å². The summed E-state index contributed by atoms with van der Waals surface area (Å²) in [6, 6.07) is 0. The van der Waals surface area contributed by atoms with Crippen molar-refractivity contribution >= 4 is 33.0 Å². The highest BCUT2D eigenvalue weighted by Crippen LogP contribution is 2.38. The molecule has 0 saturated heterocycles. The fraction of sp³-hybridized carbons (Fsp3) is 0.455. The number of aryl methyl sites for hydroxylation is 1. The minimum absolute atomic E-state index is 0.262. The Kier molecular flexibility index (Phi) is 3.70. The Labute approximate surface area is 126 Å². The van der Waals surface area contributed by atoms with E-state index in [1.807, 2.05) is 33.1 Å². The van der Waals surface area contributed by atoms with Crippen LogP contribution in [-0.2, 0) is 15.6 Å². The van der Waals surface area contributed by atoms with Crippen molar-refractivity contribution < 1.29 is 8.42 Å². The molecule has 0 atom stereocenters. The number of thiophene rings is 1. The van der Waals surface area contributed by atoms with Crippen molar-refractivity contribution in [3.05, 3.63) is 16.0 Å². The zero-order chi connectivity index (χ0) is 15.3. The van der Waals surface area contributed by atoms with Crippen LogP contribution in [0.1, 0.15) is 26.3 Å². The monoisotopic (exact) mass is 334 g/mol. The normalized spacial score (nSPS) is 12.9. The first-order valence-corrected chi connectivity index (χ1v) is 8.56. The summed E-state index contributed by atoms with van der Waals surface area (Å²) in [7, 11) is -3.96. The Morgan fingerprint density at radius 1 is 1.35 bits per heavy atom. The second-order valence-corrected chi connectivity index (χ2v) is 8.13. The van der Waals surface area contributed by atoms with Gasteiger partial charge in [0.2, 0.25) is 0 Å². The van der Waals surface area contributed by atoms with Crippen LogP contribution in [-0.4, -0.2) is 23.2 Å². The van der Waals surface area contributed by atoms with Gasteiger partial charge in [0.15, 0.2) is 5.82 Å². The van der Waals surface area contributed by atoms with Crippen LogP contribution in [0.15, 0.2) is 10.5 Å². The molecule has 0 radical (unpaired) electrons. The highest BCUT2D eigenvalue weighted by atomic mass is 35.5. The smallest absolute Gasteiger partial charge is 0.273 e. The highest BCUT2D eigenvalue weighted by Gasteiger charge is 2.30. The molecule has 6 nitrogen and oxygen atoms in total. The molecule has 2 rings (SSSR count). The molecule has 2 heterocycles. The molecule has 2 aromatic rings. The van der Waals surface area contributed by atoms with Crippen LogP contribution in [0.3, 0.4) is 0 Å². The Morgan fingerprint density at radius 2 is 1.95 bits per heavy atom. The van der Waals surface area contributed by atoms with Gasteiger partial charge in [0.25, 0.3) is 15.2 Å². The highest BCUT2D eigenvalue weighted by molar-refractivity contribution is 7.89. The van der Waals surface area contributed by atoms with Crippen LogP contribution in [0.25, 0.3) is 10.7 Å². The van der Waals surface area contributed by atoms with E-state index in [0.29, 0.717) is 15.7 Å². The maximum Gasteiger partial charge on any atom is 0.273 e. The molecule has 0 saturated carbocycles. The van der Waals surface area contributed by atoms with E-state index in [4.69, 9.17) is 16.7 Å². The quantitative estimate of drug-likeness (QED) is 0.912. The van der Waals surface area contributed by atoms with E-state index >= 15 is 0 Å². The number of hydrogen-bond acceptors (Lipinski definition) is 5. The van der Waals surface area contributed by atoms with Gasteiger partial charge in [-0.25, -0.2) is 13.6 Å². The van der Waals surface area contributed by atoms with E-state index < -0.39 is 15.6 Å². The van der Waals surface area contributed by atoms with E-state index in [0.717, 1.165) is 5.56 Å². The molecule has 110 valence electrons. The van der Waals surface area contributed by atoms with Gasteiger partial charge in [-0.05, 0) is 38.6 Å². The lowest BCUT2D eigenvalue weighted by molar-refractivity contribution is 0.366. The number of aromatic nitrogens is 3. The van der Waals surface area contributed by atoms with E-state index in [9.17, 15) is 8.42 Å². The van der Waals surface area contributed by atoms with Gasteiger partial charge in [-0.2, -0.15) is 0 Å². The summed E-state index contributed by atoms with van der Waals surface area (Å²) in [6.07, 6.45) is 0. The lowest BCUT2D eigenvalue weighted by Gasteiger charge is -2.23. The van der Waals surface area contributed by atoms with Gasteiger partial charge < -0.3 is 0 Å². The summed E-state index contributed by atoms with van der Waals surface area (Å²) in [5, 5.41) is 15.1. The van der Waals surface area contributed by atoms with Crippen LogP contribution >= 0.6 is 22.9 Å². The van der Waals surface area contributed by atoms with Crippen molar-refractivity contribution in [2.24, 2.45) is 5.14 Å². The number of halogens is 1. The van der Waals surface area contributed by atoms with Crippen LogP contribution in [0.2, 0.25) is 5.02 Å². The molecule has 0 fully saturated rings. The van der Waals surface area contributed by atoms with Crippen LogP contribution in [0.4, 0.5) is 0 Å². The molecule has 0 spiro atoms. The summed E-state index contributed by atoms with van der Waals surface area (Å²) in [5.74, 6) is 0.407. The van der Waals surface area contributed by atoms with Gasteiger partial charge in [-0.3, -0.25) is 4.57 Å². The molecule has 2 aromatic heterocycles. The molecule has 0 aliphatic heterocycles. The standard InChI is InChI=1S/C11H15ClN4O2S2/c1-6-5-19-8(7(6)12)9-14-15-10(20(13,17)18)16(9)11(2,3)4/h5H,1-4H3,(H2,13,17,18). The molecular formula is C11H15ClN4O2S2. The Hall–Kier alpha value is -0.960. The van der Waals surface area contributed by atoms with Crippen molar-refractivity contribution in [2.75, 3.05) is 0 Å². The molecular weight excluding hydrogens is 320 g/mol. The summed E-state index contributed by atoms with van der Waals surface area (Å²) in [5.41, 5.74) is 0.356. The average Bonchev–Trinajstić information content (AvgIpc) is 2.83.